The zero-order chi connectivity index (χ0) is 33.9. The van der Waals surface area contributed by atoms with Crippen LogP contribution < -0.4 is 31.3 Å². The van der Waals surface area contributed by atoms with Crippen molar-refractivity contribution in [2.24, 2.45) is 0 Å². The number of aromatic nitrogens is 2. The van der Waals surface area contributed by atoms with Gasteiger partial charge in [-0.3, -0.25) is 4.90 Å². The number of rotatable bonds is 8. The van der Waals surface area contributed by atoms with Gasteiger partial charge in [0.25, 0.3) is 0 Å². The first kappa shape index (κ1) is 34.8. The number of carbonyl (C=O) groups is 1. The second-order valence-electron chi connectivity index (χ2n) is 13.3. The maximum Gasteiger partial charge on any atom is 0.410 e. The first-order valence-electron chi connectivity index (χ1n) is 15.9. The number of ether oxygens (including phenoxy) is 2. The Morgan fingerprint density at radius 1 is 1.02 bits per heavy atom. The minimum atomic E-state index is -2.52. The Bertz CT molecular complexity index is 1630. The number of nitrogens with two attached hydrogens (primary N) is 1. The third kappa shape index (κ3) is 8.69. The van der Waals surface area contributed by atoms with Crippen LogP contribution in [0, 0.1) is 0 Å². The lowest BCUT2D eigenvalue weighted by Crippen LogP contribution is -2.55. The van der Waals surface area contributed by atoms with E-state index in [0.717, 1.165) is 55.7 Å². The highest BCUT2D eigenvalue weighted by atomic mass is 79.9. The Labute approximate surface area is 285 Å². The van der Waals surface area contributed by atoms with Crippen molar-refractivity contribution in [2.45, 2.75) is 45.3 Å². The molecule has 2 aliphatic rings. The van der Waals surface area contributed by atoms with Crippen molar-refractivity contribution in [2.75, 3.05) is 81.0 Å². The molecule has 2 aliphatic heterocycles. The molecule has 1 amide bonds. The number of piperazine rings is 1. The normalized spacial score (nSPS) is 16.6. The van der Waals surface area contributed by atoms with E-state index in [9.17, 15) is 9.36 Å². The summed E-state index contributed by atoms with van der Waals surface area (Å²) in [7, 11) is -0.892. The number of amides is 1. The molecule has 0 unspecified atom stereocenters. The number of piperidine rings is 1. The van der Waals surface area contributed by atoms with Crippen LogP contribution in [0.25, 0.3) is 0 Å². The van der Waals surface area contributed by atoms with Crippen LogP contribution >= 0.6 is 23.1 Å². The van der Waals surface area contributed by atoms with E-state index < -0.39 is 12.7 Å². The van der Waals surface area contributed by atoms with E-state index >= 15 is 0 Å². The Morgan fingerprint density at radius 3 is 2.34 bits per heavy atom. The lowest BCUT2D eigenvalue weighted by Gasteiger charge is -2.43. The van der Waals surface area contributed by atoms with Crippen LogP contribution in [0.1, 0.15) is 33.6 Å². The Hall–Kier alpha value is -3.54. The zero-order valence-corrected chi connectivity index (χ0v) is 30.5. The monoisotopic (exact) mass is 728 g/mol. The summed E-state index contributed by atoms with van der Waals surface area (Å²) in [6.45, 7) is 14.0. The third-order valence-electron chi connectivity index (χ3n) is 8.36. The fourth-order valence-electron chi connectivity index (χ4n) is 6.01. The predicted octanol–water partition coefficient (Wildman–Crippen LogP) is 6.09. The minimum absolute atomic E-state index is 0.232. The summed E-state index contributed by atoms with van der Waals surface area (Å²) in [5, 5.41) is 7.32. The minimum Gasteiger partial charge on any atom is -0.494 e. The highest BCUT2D eigenvalue weighted by molar-refractivity contribution is 9.10. The van der Waals surface area contributed by atoms with Crippen molar-refractivity contribution in [1.82, 2.24) is 19.8 Å². The van der Waals surface area contributed by atoms with Crippen LogP contribution in [-0.4, -0.2) is 97.2 Å². The number of hydrogen-bond donors (Lipinski definition) is 3. The second kappa shape index (κ2) is 14.3. The molecule has 3 aromatic rings. The maximum atomic E-state index is 12.9. The van der Waals surface area contributed by atoms with E-state index in [0.29, 0.717) is 52.5 Å². The molecule has 3 heterocycles. The summed E-state index contributed by atoms with van der Waals surface area (Å²) >= 11 is 3.53. The summed E-state index contributed by atoms with van der Waals surface area (Å²) in [6.07, 6.45) is 3.44. The molecule has 5 rings (SSSR count). The van der Waals surface area contributed by atoms with Crippen LogP contribution in [0.3, 0.4) is 0 Å². The van der Waals surface area contributed by atoms with Gasteiger partial charge in [0.1, 0.15) is 24.3 Å². The van der Waals surface area contributed by atoms with Gasteiger partial charge in [-0.1, -0.05) is 12.1 Å². The van der Waals surface area contributed by atoms with Gasteiger partial charge in [0.2, 0.25) is 5.95 Å². The molecule has 0 atom stereocenters. The first-order valence-corrected chi connectivity index (χ1v) is 19.3. The maximum absolute atomic E-state index is 12.9. The summed E-state index contributed by atoms with van der Waals surface area (Å²) in [4.78, 5) is 28.2. The molecule has 254 valence electrons. The highest BCUT2D eigenvalue weighted by Crippen LogP contribution is 2.40. The molecule has 0 spiro atoms. The smallest absolute Gasteiger partial charge is 0.410 e. The van der Waals surface area contributed by atoms with Crippen LogP contribution in [0.2, 0.25) is 0 Å². The van der Waals surface area contributed by atoms with Crippen LogP contribution in [0.15, 0.2) is 47.1 Å². The molecule has 12 nitrogen and oxygen atoms in total. The third-order valence-corrected chi connectivity index (χ3v) is 10.5. The summed E-state index contributed by atoms with van der Waals surface area (Å²) < 4.78 is 24.9. The molecular formula is C33H46BrN8O4P. The lowest BCUT2D eigenvalue weighted by molar-refractivity contribution is 0.00902. The molecular weight excluding hydrogens is 683 g/mol. The molecule has 0 radical (unpaired) electrons. The number of benzene rings is 2. The molecule has 47 heavy (non-hydrogen) atoms. The van der Waals surface area contributed by atoms with Gasteiger partial charge in [-0.05, 0) is 81.1 Å². The number of nitrogen functional groups attached to an aromatic ring is 1. The first-order chi connectivity index (χ1) is 22.2. The molecule has 14 heteroatoms. The number of para-hydroxylation sites is 1. The quantitative estimate of drug-likeness (QED) is 0.184. The Kier molecular flexibility index (Phi) is 10.6. The SMILES string of the molecule is COc1cc(N2CCC(N3CCN(C(=O)OC(C)(C)C)CC3)CC2)c(N)cc1Nc1ncc(Br)c(Nc2ccccc2P(C)(C)=O)n1. The Morgan fingerprint density at radius 2 is 1.70 bits per heavy atom. The Balaban J connectivity index is 1.22. The number of nitrogens with zero attached hydrogens (tertiary/aromatic N) is 5. The van der Waals surface area contributed by atoms with Crippen molar-refractivity contribution in [1.29, 1.82) is 0 Å². The molecule has 0 aliphatic carbocycles. The van der Waals surface area contributed by atoms with Crippen LogP contribution in [-0.2, 0) is 9.30 Å². The number of methoxy groups -OCH3 is 1. The average Bonchev–Trinajstić information content (AvgIpc) is 3.02. The van der Waals surface area contributed by atoms with E-state index in [1.165, 1.54) is 0 Å². The van der Waals surface area contributed by atoms with Gasteiger partial charge >= 0.3 is 6.09 Å². The summed E-state index contributed by atoms with van der Waals surface area (Å²) in [5.74, 6) is 1.50. The van der Waals surface area contributed by atoms with Gasteiger partial charge in [0, 0.05) is 62.9 Å². The number of halogens is 1. The topological polar surface area (TPSA) is 138 Å². The van der Waals surface area contributed by atoms with E-state index in [1.807, 2.05) is 62.1 Å². The van der Waals surface area contributed by atoms with Gasteiger partial charge in [-0.25, -0.2) is 9.78 Å². The van der Waals surface area contributed by atoms with Crippen molar-refractivity contribution < 1.29 is 18.8 Å². The van der Waals surface area contributed by atoms with Crippen molar-refractivity contribution >= 4 is 69.0 Å². The van der Waals surface area contributed by atoms with Crippen molar-refractivity contribution in [3.63, 3.8) is 0 Å². The summed E-state index contributed by atoms with van der Waals surface area (Å²) in [5.41, 5.74) is 9.07. The molecule has 2 fully saturated rings. The zero-order valence-electron chi connectivity index (χ0n) is 28.0. The van der Waals surface area contributed by atoms with E-state index in [2.05, 4.69) is 46.3 Å². The van der Waals surface area contributed by atoms with E-state index in [1.54, 1.807) is 26.6 Å². The van der Waals surface area contributed by atoms with Gasteiger partial charge in [-0.2, -0.15) is 4.98 Å². The number of nitrogens with one attached hydrogen (secondary N) is 2. The van der Waals surface area contributed by atoms with Crippen LogP contribution in [0.5, 0.6) is 5.75 Å². The molecule has 2 saturated heterocycles. The number of anilines is 6. The van der Waals surface area contributed by atoms with E-state index in [-0.39, 0.29) is 6.09 Å². The molecule has 4 N–H and O–H groups in total. The largest absolute Gasteiger partial charge is 0.494 e. The van der Waals surface area contributed by atoms with Gasteiger partial charge < -0.3 is 40.2 Å². The molecule has 0 saturated carbocycles. The second-order valence-corrected chi connectivity index (χ2v) is 17.4. The van der Waals surface area contributed by atoms with Gasteiger partial charge in [0.05, 0.1) is 34.3 Å². The number of hydrogen-bond acceptors (Lipinski definition) is 11. The molecule has 1 aromatic heterocycles. The van der Waals surface area contributed by atoms with Crippen molar-refractivity contribution in [3.05, 3.63) is 47.1 Å². The number of carbonyl (C=O) groups excluding carboxylic acids is 1. The predicted molar refractivity (Wildman–Crippen MR) is 194 cm³/mol. The van der Waals surface area contributed by atoms with Crippen LogP contribution in [0.4, 0.5) is 39.3 Å². The van der Waals surface area contributed by atoms with E-state index in [4.69, 9.17) is 15.2 Å². The summed E-state index contributed by atoms with van der Waals surface area (Å²) in [6, 6.07) is 11.8. The highest BCUT2D eigenvalue weighted by Gasteiger charge is 2.31. The standard InChI is InChI=1S/C33H46BrN8O4P/c1-33(2,3)46-32(43)42-17-15-40(16-18-42)22-11-13-41(14-12-22)27-20-28(45-4)26(19-24(27)35)38-31-36-21-23(34)30(39-31)37-25-9-7-8-10-29(25)47(5,6)44/h7-10,19-22H,11-18,35H2,1-6H3,(H2,36,37,38,39). The van der Waals surface area contributed by atoms with Crippen molar-refractivity contribution in [3.8, 4) is 5.75 Å². The fourth-order valence-corrected chi connectivity index (χ4v) is 7.45. The van der Waals surface area contributed by atoms with Gasteiger partial charge in [-0.15, -0.1) is 0 Å². The lowest BCUT2D eigenvalue weighted by atomic mass is 10.0. The average molecular weight is 730 g/mol. The molecule has 2 aromatic carbocycles. The van der Waals surface area contributed by atoms with Gasteiger partial charge in [0.15, 0.2) is 0 Å². The fraction of sp³-hybridized carbons (Fsp3) is 0.485. The molecule has 0 bridgehead atoms.